The van der Waals surface area contributed by atoms with E-state index in [0.717, 1.165) is 37.1 Å². The highest BCUT2D eigenvalue weighted by atomic mass is 32.2. The number of hydrogen-bond acceptors (Lipinski definition) is 8. The lowest BCUT2D eigenvalue weighted by atomic mass is 9.95. The predicted octanol–water partition coefficient (Wildman–Crippen LogP) is 5.26. The second-order valence-electron chi connectivity index (χ2n) is 8.03. The van der Waals surface area contributed by atoms with Gasteiger partial charge in [-0.15, -0.1) is 33.3 Å². The molecule has 7 nitrogen and oxygen atoms in total. The van der Waals surface area contributed by atoms with Crippen LogP contribution in [0.5, 0.6) is 0 Å². The summed E-state index contributed by atoms with van der Waals surface area (Å²) in [5.41, 5.74) is 2.81. The van der Waals surface area contributed by atoms with E-state index in [4.69, 9.17) is 4.74 Å². The maximum atomic E-state index is 12.7. The van der Waals surface area contributed by atoms with Crippen LogP contribution in [0.25, 0.3) is 0 Å². The van der Waals surface area contributed by atoms with E-state index >= 15 is 0 Å². The van der Waals surface area contributed by atoms with E-state index in [1.54, 1.807) is 18.7 Å². The number of amides is 1. The average molecular weight is 517 g/mol. The molecule has 1 aromatic carbocycles. The third-order valence-corrected chi connectivity index (χ3v) is 8.79. The second kappa shape index (κ2) is 11.4. The van der Waals surface area contributed by atoms with E-state index in [1.165, 1.54) is 38.4 Å². The first-order valence-electron chi connectivity index (χ1n) is 11.3. The van der Waals surface area contributed by atoms with Crippen molar-refractivity contribution in [1.29, 1.82) is 0 Å². The Labute approximate surface area is 212 Å². The van der Waals surface area contributed by atoms with Gasteiger partial charge < -0.3 is 14.6 Å². The van der Waals surface area contributed by atoms with Gasteiger partial charge in [0.05, 0.1) is 23.7 Å². The highest BCUT2D eigenvalue weighted by Crippen LogP contribution is 2.38. The van der Waals surface area contributed by atoms with Gasteiger partial charge in [0.15, 0.2) is 5.16 Å². The molecule has 0 saturated heterocycles. The van der Waals surface area contributed by atoms with Crippen molar-refractivity contribution in [2.24, 2.45) is 7.05 Å². The van der Waals surface area contributed by atoms with Gasteiger partial charge in [-0.25, -0.2) is 4.79 Å². The molecule has 1 N–H and O–H groups in total. The Kier molecular flexibility index (Phi) is 8.33. The van der Waals surface area contributed by atoms with Crippen molar-refractivity contribution < 1.29 is 14.3 Å². The Morgan fingerprint density at radius 3 is 2.68 bits per heavy atom. The van der Waals surface area contributed by atoms with E-state index in [0.29, 0.717) is 28.1 Å². The summed E-state index contributed by atoms with van der Waals surface area (Å²) < 4.78 is 7.19. The number of carbonyl (C=O) groups excluding carboxylic acids is 2. The Bertz CT molecular complexity index is 1170. The van der Waals surface area contributed by atoms with Crippen LogP contribution >= 0.6 is 34.9 Å². The average Bonchev–Trinajstić information content (AvgIpc) is 3.37. The summed E-state index contributed by atoms with van der Waals surface area (Å²) in [6, 6.07) is 8.39. The fourth-order valence-corrected chi connectivity index (χ4v) is 6.64. The standard InChI is InChI=1S/C24H28N4O3S3/c1-4-31-23(30)21-17-7-5-6-8-18(17)34-22(21)25-20(29)14-33-24-27-26-19(28(24)3)13-32-16-11-9-15(2)10-12-16/h9-12H,4-8,13-14H2,1-3H3,(H,25,29). The monoisotopic (exact) mass is 516 g/mol. The summed E-state index contributed by atoms with van der Waals surface area (Å²) in [5.74, 6) is 1.20. The minimum atomic E-state index is -0.353. The Balaban J connectivity index is 1.37. The molecular formula is C24H28N4O3S3. The lowest BCUT2D eigenvalue weighted by Crippen LogP contribution is -2.17. The first-order chi connectivity index (χ1) is 16.5. The molecule has 0 aliphatic heterocycles. The lowest BCUT2D eigenvalue weighted by molar-refractivity contribution is -0.113. The van der Waals surface area contributed by atoms with Crippen LogP contribution in [0.3, 0.4) is 0 Å². The molecular weight excluding hydrogens is 488 g/mol. The molecule has 0 bridgehead atoms. The van der Waals surface area contributed by atoms with Gasteiger partial charge in [-0.2, -0.15) is 0 Å². The van der Waals surface area contributed by atoms with Crippen LogP contribution in [0.2, 0.25) is 0 Å². The number of benzene rings is 1. The number of esters is 1. The zero-order valence-corrected chi connectivity index (χ0v) is 22.0. The van der Waals surface area contributed by atoms with Crippen LogP contribution in [0, 0.1) is 6.92 Å². The van der Waals surface area contributed by atoms with Gasteiger partial charge in [0.1, 0.15) is 10.8 Å². The molecule has 4 rings (SSSR count). The zero-order chi connectivity index (χ0) is 24.1. The number of anilines is 1. The molecule has 2 aromatic heterocycles. The summed E-state index contributed by atoms with van der Waals surface area (Å²) in [5, 5.41) is 12.8. The van der Waals surface area contributed by atoms with Crippen LogP contribution in [0.1, 0.15) is 52.0 Å². The summed E-state index contributed by atoms with van der Waals surface area (Å²) >= 11 is 4.54. The van der Waals surface area contributed by atoms with Crippen molar-refractivity contribution >= 4 is 51.7 Å². The highest BCUT2D eigenvalue weighted by molar-refractivity contribution is 7.99. The van der Waals surface area contributed by atoms with Crippen LogP contribution in [0.15, 0.2) is 34.3 Å². The SMILES string of the molecule is CCOC(=O)c1c(NC(=O)CSc2nnc(CSc3ccc(C)cc3)n2C)sc2c1CCCC2. The molecule has 10 heteroatoms. The second-order valence-corrected chi connectivity index (χ2v) is 11.1. The molecule has 0 saturated carbocycles. The molecule has 0 radical (unpaired) electrons. The quantitative estimate of drug-likeness (QED) is 0.306. The first kappa shape index (κ1) is 24.8. The predicted molar refractivity (Wildman–Crippen MR) is 138 cm³/mol. The van der Waals surface area contributed by atoms with E-state index in [2.05, 4.69) is 46.7 Å². The van der Waals surface area contributed by atoms with Crippen LogP contribution in [-0.2, 0) is 35.2 Å². The first-order valence-corrected chi connectivity index (χ1v) is 14.1. The van der Waals surface area contributed by atoms with Gasteiger partial charge in [-0.05, 0) is 57.2 Å². The Hall–Kier alpha value is -2.30. The lowest BCUT2D eigenvalue weighted by Gasteiger charge is -2.12. The summed E-state index contributed by atoms with van der Waals surface area (Å²) in [4.78, 5) is 27.7. The normalized spacial score (nSPS) is 12.9. The van der Waals surface area contributed by atoms with Gasteiger partial charge >= 0.3 is 5.97 Å². The number of thioether (sulfide) groups is 2. The molecule has 34 heavy (non-hydrogen) atoms. The minimum absolute atomic E-state index is 0.173. The van der Waals surface area contributed by atoms with Gasteiger partial charge in [0.2, 0.25) is 5.91 Å². The molecule has 0 atom stereocenters. The van der Waals surface area contributed by atoms with Crippen LogP contribution < -0.4 is 5.32 Å². The smallest absolute Gasteiger partial charge is 0.341 e. The minimum Gasteiger partial charge on any atom is -0.462 e. The van der Waals surface area contributed by atoms with Crippen LogP contribution in [-0.4, -0.2) is 39.0 Å². The molecule has 180 valence electrons. The van der Waals surface area contributed by atoms with E-state index in [1.807, 2.05) is 11.6 Å². The molecule has 0 fully saturated rings. The van der Waals surface area contributed by atoms with Gasteiger partial charge in [-0.1, -0.05) is 29.5 Å². The van der Waals surface area contributed by atoms with Crippen molar-refractivity contribution in [3.05, 3.63) is 51.7 Å². The number of nitrogens with one attached hydrogen (secondary N) is 1. The number of aromatic nitrogens is 3. The number of aryl methyl sites for hydroxylation is 2. The van der Waals surface area contributed by atoms with E-state index < -0.39 is 0 Å². The summed E-state index contributed by atoms with van der Waals surface area (Å²) in [6.45, 7) is 4.17. The third-order valence-electron chi connectivity index (χ3n) is 5.55. The zero-order valence-electron chi connectivity index (χ0n) is 19.6. The molecule has 2 heterocycles. The third kappa shape index (κ3) is 5.84. The maximum absolute atomic E-state index is 12.7. The summed E-state index contributed by atoms with van der Waals surface area (Å²) in [7, 11) is 1.91. The van der Waals surface area contributed by atoms with E-state index in [-0.39, 0.29) is 17.6 Å². The number of thiophene rings is 1. The molecule has 1 aliphatic rings. The number of hydrogen-bond donors (Lipinski definition) is 1. The number of fused-ring (bicyclic) bond motifs is 1. The molecule has 0 spiro atoms. The molecule has 0 unspecified atom stereocenters. The fourth-order valence-electron chi connectivity index (χ4n) is 3.74. The van der Waals surface area contributed by atoms with Crippen molar-refractivity contribution in [3.63, 3.8) is 0 Å². The number of rotatable bonds is 9. The largest absolute Gasteiger partial charge is 0.462 e. The Morgan fingerprint density at radius 1 is 1.15 bits per heavy atom. The summed E-state index contributed by atoms with van der Waals surface area (Å²) in [6.07, 6.45) is 3.96. The highest BCUT2D eigenvalue weighted by Gasteiger charge is 2.27. The molecule has 1 aliphatic carbocycles. The Morgan fingerprint density at radius 2 is 1.91 bits per heavy atom. The van der Waals surface area contributed by atoms with Crippen molar-refractivity contribution in [2.75, 3.05) is 17.7 Å². The van der Waals surface area contributed by atoms with Crippen molar-refractivity contribution in [1.82, 2.24) is 14.8 Å². The number of carbonyl (C=O) groups is 2. The fraction of sp³-hybridized carbons (Fsp3) is 0.417. The topological polar surface area (TPSA) is 86.1 Å². The van der Waals surface area contributed by atoms with E-state index in [9.17, 15) is 9.59 Å². The van der Waals surface area contributed by atoms with Gasteiger partial charge in [-0.3, -0.25) is 4.79 Å². The van der Waals surface area contributed by atoms with Gasteiger partial charge in [0.25, 0.3) is 0 Å². The van der Waals surface area contributed by atoms with Gasteiger partial charge in [0, 0.05) is 16.8 Å². The molecule has 3 aromatic rings. The molecule has 1 amide bonds. The number of nitrogens with zero attached hydrogens (tertiary/aromatic N) is 3. The van der Waals surface area contributed by atoms with Crippen molar-refractivity contribution in [2.45, 2.75) is 55.3 Å². The van der Waals surface area contributed by atoms with Crippen molar-refractivity contribution in [3.8, 4) is 0 Å². The number of ether oxygens (including phenoxy) is 1. The van der Waals surface area contributed by atoms with Crippen LogP contribution in [0.4, 0.5) is 5.00 Å². The maximum Gasteiger partial charge on any atom is 0.341 e.